The normalized spacial score (nSPS) is 15.0. The third kappa shape index (κ3) is 4.47. The molecule has 2 aromatic rings. The van der Waals surface area contributed by atoms with Gasteiger partial charge in [0.1, 0.15) is 5.82 Å². The van der Waals surface area contributed by atoms with Gasteiger partial charge in [-0.25, -0.2) is 18.6 Å². The monoisotopic (exact) mass is 360 g/mol. The van der Waals surface area contributed by atoms with Crippen molar-refractivity contribution in [1.82, 2.24) is 15.6 Å². The van der Waals surface area contributed by atoms with Crippen LogP contribution in [0.1, 0.15) is 36.9 Å². The first kappa shape index (κ1) is 18.1. The summed E-state index contributed by atoms with van der Waals surface area (Å²) in [6.45, 7) is 4.12. The molecule has 1 atom stereocenters. The van der Waals surface area contributed by atoms with Crippen LogP contribution in [0.15, 0.2) is 36.5 Å². The fourth-order valence-electron chi connectivity index (χ4n) is 2.95. The fourth-order valence-corrected chi connectivity index (χ4v) is 2.95. The average molecular weight is 360 g/mol. The summed E-state index contributed by atoms with van der Waals surface area (Å²) in [7, 11) is 0. The van der Waals surface area contributed by atoms with E-state index in [0.717, 1.165) is 36.6 Å². The highest BCUT2D eigenvalue weighted by molar-refractivity contribution is 5.74. The molecule has 1 aromatic carbocycles. The van der Waals surface area contributed by atoms with Crippen molar-refractivity contribution >= 4 is 11.8 Å². The molecule has 1 fully saturated rings. The van der Waals surface area contributed by atoms with Gasteiger partial charge in [0, 0.05) is 25.8 Å². The molecule has 1 aliphatic heterocycles. The number of nitrogens with one attached hydrogen (secondary N) is 2. The third-order valence-electron chi connectivity index (χ3n) is 4.48. The number of halogens is 2. The highest BCUT2D eigenvalue weighted by Gasteiger charge is 2.14. The average Bonchev–Trinajstić information content (AvgIpc) is 3.17. The number of hydrogen-bond donors (Lipinski definition) is 2. The van der Waals surface area contributed by atoms with E-state index in [1.165, 1.54) is 18.9 Å². The van der Waals surface area contributed by atoms with E-state index in [4.69, 9.17) is 0 Å². The number of nitrogens with zero attached hydrogens (tertiary/aromatic N) is 2. The number of urea groups is 1. The Morgan fingerprint density at radius 1 is 1.19 bits per heavy atom. The highest BCUT2D eigenvalue weighted by Crippen LogP contribution is 2.18. The van der Waals surface area contributed by atoms with Crippen LogP contribution in [0.3, 0.4) is 0 Å². The van der Waals surface area contributed by atoms with E-state index in [-0.39, 0.29) is 6.03 Å². The molecule has 7 heteroatoms. The summed E-state index contributed by atoms with van der Waals surface area (Å²) in [6.07, 6.45) is 4.15. The summed E-state index contributed by atoms with van der Waals surface area (Å²) in [5.74, 6) is -0.876. The number of carbonyl (C=O) groups excluding carboxylic acids is 1. The maximum absolute atomic E-state index is 13.3. The molecule has 2 heterocycles. The van der Waals surface area contributed by atoms with Crippen LogP contribution < -0.4 is 15.5 Å². The van der Waals surface area contributed by atoms with Crippen molar-refractivity contribution in [3.05, 3.63) is 59.3 Å². The molecule has 1 saturated heterocycles. The molecule has 0 spiro atoms. The van der Waals surface area contributed by atoms with Crippen LogP contribution in [0.4, 0.5) is 19.4 Å². The highest BCUT2D eigenvalue weighted by atomic mass is 19.2. The number of benzene rings is 1. The molecular formula is C19H22F2N4O. The van der Waals surface area contributed by atoms with Gasteiger partial charge in [-0.15, -0.1) is 0 Å². The van der Waals surface area contributed by atoms with Crippen LogP contribution in [0.5, 0.6) is 0 Å². The number of rotatable bonds is 5. The minimum atomic E-state index is -0.930. The second-order valence-corrected chi connectivity index (χ2v) is 6.44. The molecule has 0 bridgehead atoms. The van der Waals surface area contributed by atoms with E-state index in [0.29, 0.717) is 12.1 Å². The SMILES string of the molecule is CC(NC(=O)NCc1ccc(N2CCCC2)nc1)c1ccc(F)c(F)c1. The quantitative estimate of drug-likeness (QED) is 0.858. The summed E-state index contributed by atoms with van der Waals surface area (Å²) in [4.78, 5) is 18.7. The predicted molar refractivity (Wildman–Crippen MR) is 95.8 cm³/mol. The van der Waals surface area contributed by atoms with E-state index in [1.54, 1.807) is 13.1 Å². The summed E-state index contributed by atoms with van der Waals surface area (Å²) < 4.78 is 26.3. The summed E-state index contributed by atoms with van der Waals surface area (Å²) >= 11 is 0. The summed E-state index contributed by atoms with van der Waals surface area (Å²) in [5.41, 5.74) is 1.39. The lowest BCUT2D eigenvalue weighted by Crippen LogP contribution is -2.36. The van der Waals surface area contributed by atoms with Gasteiger partial charge in [-0.3, -0.25) is 0 Å². The molecule has 3 rings (SSSR count). The van der Waals surface area contributed by atoms with Crippen LogP contribution >= 0.6 is 0 Å². The molecule has 2 N–H and O–H groups in total. The van der Waals surface area contributed by atoms with Crippen LogP contribution in [0.2, 0.25) is 0 Å². The number of aromatic nitrogens is 1. The van der Waals surface area contributed by atoms with Gasteiger partial charge in [0.2, 0.25) is 0 Å². The number of hydrogen-bond acceptors (Lipinski definition) is 3. The molecule has 0 aliphatic carbocycles. The standard InChI is InChI=1S/C19H22F2N4O/c1-13(15-5-6-16(20)17(21)10-15)24-19(26)23-12-14-4-7-18(22-11-14)25-8-2-3-9-25/h4-7,10-11,13H,2-3,8-9,12H2,1H3,(H2,23,24,26). The van der Waals surface area contributed by atoms with Crippen molar-refractivity contribution in [3.63, 3.8) is 0 Å². The lowest BCUT2D eigenvalue weighted by atomic mass is 10.1. The van der Waals surface area contributed by atoms with Crippen molar-refractivity contribution in [3.8, 4) is 0 Å². The smallest absolute Gasteiger partial charge is 0.315 e. The Hall–Kier alpha value is -2.70. The maximum Gasteiger partial charge on any atom is 0.315 e. The zero-order valence-corrected chi connectivity index (χ0v) is 14.6. The number of carbonyl (C=O) groups is 1. The minimum absolute atomic E-state index is 0.337. The van der Waals surface area contributed by atoms with Crippen LogP contribution in [0, 0.1) is 11.6 Å². The summed E-state index contributed by atoms with van der Waals surface area (Å²) in [5, 5.41) is 5.44. The van der Waals surface area contributed by atoms with Gasteiger partial charge in [-0.2, -0.15) is 0 Å². The second-order valence-electron chi connectivity index (χ2n) is 6.44. The zero-order chi connectivity index (χ0) is 18.5. The molecule has 0 radical (unpaired) electrons. The van der Waals surface area contributed by atoms with Gasteiger partial charge in [-0.1, -0.05) is 12.1 Å². The predicted octanol–water partition coefficient (Wildman–Crippen LogP) is 3.52. The van der Waals surface area contributed by atoms with Crippen molar-refractivity contribution < 1.29 is 13.6 Å². The van der Waals surface area contributed by atoms with Gasteiger partial charge in [0.15, 0.2) is 11.6 Å². The molecule has 2 amide bonds. The Morgan fingerprint density at radius 3 is 2.62 bits per heavy atom. The van der Waals surface area contributed by atoms with Crippen molar-refractivity contribution in [1.29, 1.82) is 0 Å². The Balaban J connectivity index is 1.49. The van der Waals surface area contributed by atoms with E-state index in [2.05, 4.69) is 20.5 Å². The van der Waals surface area contributed by atoms with Gasteiger partial charge < -0.3 is 15.5 Å². The topological polar surface area (TPSA) is 57.3 Å². The van der Waals surface area contributed by atoms with Crippen molar-refractivity contribution in [2.24, 2.45) is 0 Å². The number of pyridine rings is 1. The largest absolute Gasteiger partial charge is 0.357 e. The van der Waals surface area contributed by atoms with Gasteiger partial charge in [0.25, 0.3) is 0 Å². The Labute approximate surface area is 151 Å². The van der Waals surface area contributed by atoms with Crippen LogP contribution in [0.25, 0.3) is 0 Å². The maximum atomic E-state index is 13.3. The second kappa shape index (κ2) is 8.12. The van der Waals surface area contributed by atoms with E-state index in [1.807, 2.05) is 12.1 Å². The molecular weight excluding hydrogens is 338 g/mol. The van der Waals surface area contributed by atoms with Gasteiger partial charge in [0.05, 0.1) is 6.04 Å². The minimum Gasteiger partial charge on any atom is -0.357 e. The number of anilines is 1. The first-order valence-electron chi connectivity index (χ1n) is 8.72. The van der Waals surface area contributed by atoms with Crippen molar-refractivity contribution in [2.75, 3.05) is 18.0 Å². The van der Waals surface area contributed by atoms with Crippen LogP contribution in [-0.2, 0) is 6.54 Å². The summed E-state index contributed by atoms with van der Waals surface area (Å²) in [6, 6.07) is 6.66. The Morgan fingerprint density at radius 2 is 1.96 bits per heavy atom. The van der Waals surface area contributed by atoms with E-state index < -0.39 is 17.7 Å². The zero-order valence-electron chi connectivity index (χ0n) is 14.6. The Kier molecular flexibility index (Phi) is 5.65. The lowest BCUT2D eigenvalue weighted by molar-refractivity contribution is 0.237. The molecule has 5 nitrogen and oxygen atoms in total. The molecule has 0 saturated carbocycles. The molecule has 1 aliphatic rings. The van der Waals surface area contributed by atoms with E-state index >= 15 is 0 Å². The van der Waals surface area contributed by atoms with Gasteiger partial charge >= 0.3 is 6.03 Å². The number of amides is 2. The Bertz CT molecular complexity index is 761. The van der Waals surface area contributed by atoms with E-state index in [9.17, 15) is 13.6 Å². The molecule has 1 unspecified atom stereocenters. The molecule has 26 heavy (non-hydrogen) atoms. The first-order chi connectivity index (χ1) is 12.5. The first-order valence-corrected chi connectivity index (χ1v) is 8.72. The van der Waals surface area contributed by atoms with Crippen LogP contribution in [-0.4, -0.2) is 24.1 Å². The molecule has 138 valence electrons. The fraction of sp³-hybridized carbons (Fsp3) is 0.368. The lowest BCUT2D eigenvalue weighted by Gasteiger charge is -2.17. The molecule has 1 aromatic heterocycles. The third-order valence-corrected chi connectivity index (χ3v) is 4.48. The van der Waals surface area contributed by atoms with Crippen molar-refractivity contribution in [2.45, 2.75) is 32.4 Å². The van der Waals surface area contributed by atoms with Gasteiger partial charge in [-0.05, 0) is 49.1 Å².